The summed E-state index contributed by atoms with van der Waals surface area (Å²) in [5, 5.41) is 11.4. The third-order valence-corrected chi connectivity index (χ3v) is 4.91. The van der Waals surface area contributed by atoms with Gasteiger partial charge in [0.25, 0.3) is 11.1 Å². The second kappa shape index (κ2) is 8.26. The van der Waals surface area contributed by atoms with Crippen LogP contribution in [0.25, 0.3) is 0 Å². The number of amides is 1. The maximum atomic E-state index is 12.1. The van der Waals surface area contributed by atoms with Gasteiger partial charge in [-0.1, -0.05) is 47.1 Å². The first-order chi connectivity index (χ1) is 13.6. The number of carbonyl (C=O) groups excluding carboxylic acids is 1. The van der Waals surface area contributed by atoms with Crippen molar-refractivity contribution in [3.63, 3.8) is 0 Å². The van der Waals surface area contributed by atoms with Gasteiger partial charge in [0, 0.05) is 6.20 Å². The van der Waals surface area contributed by atoms with Crippen LogP contribution in [0.3, 0.4) is 0 Å². The zero-order valence-electron chi connectivity index (χ0n) is 14.1. The molecule has 1 aromatic carbocycles. The van der Waals surface area contributed by atoms with Gasteiger partial charge >= 0.3 is 0 Å². The minimum Gasteiger partial charge on any atom is -0.485 e. The van der Waals surface area contributed by atoms with Crippen molar-refractivity contribution in [2.45, 2.75) is 11.3 Å². The quantitative estimate of drug-likeness (QED) is 0.596. The fraction of sp³-hybridized carbons (Fsp3) is 0.176. The Balaban J connectivity index is 1.33. The number of thioether (sulfide) groups is 1. The summed E-state index contributed by atoms with van der Waals surface area (Å²) in [7, 11) is 0. The molecule has 28 heavy (non-hydrogen) atoms. The van der Waals surface area contributed by atoms with E-state index in [4.69, 9.17) is 37.1 Å². The number of halogens is 2. The predicted octanol–water partition coefficient (Wildman–Crippen LogP) is 4.01. The van der Waals surface area contributed by atoms with Crippen molar-refractivity contribution >= 4 is 46.7 Å². The lowest BCUT2D eigenvalue weighted by Crippen LogP contribution is -2.21. The number of fused-ring (bicyclic) bond motifs is 1. The molecule has 3 aromatic rings. The van der Waals surface area contributed by atoms with E-state index in [9.17, 15) is 4.79 Å². The van der Waals surface area contributed by atoms with Crippen molar-refractivity contribution in [3.8, 4) is 11.5 Å². The van der Waals surface area contributed by atoms with E-state index in [-0.39, 0.29) is 40.2 Å². The van der Waals surface area contributed by atoms with Gasteiger partial charge in [0.1, 0.15) is 6.61 Å². The highest BCUT2D eigenvalue weighted by Crippen LogP contribution is 2.36. The van der Waals surface area contributed by atoms with Crippen molar-refractivity contribution in [3.05, 3.63) is 52.5 Å². The number of carbonyl (C=O) groups is 1. The van der Waals surface area contributed by atoms with Crippen molar-refractivity contribution in [1.29, 1.82) is 0 Å². The largest absolute Gasteiger partial charge is 0.485 e. The summed E-state index contributed by atoms with van der Waals surface area (Å²) in [6.07, 6.45) is 0.882. The molecule has 0 bridgehead atoms. The first-order valence-electron chi connectivity index (χ1n) is 8.04. The van der Waals surface area contributed by atoms with E-state index in [0.717, 1.165) is 11.8 Å². The molecule has 0 saturated heterocycles. The highest BCUT2D eigenvalue weighted by atomic mass is 35.5. The Morgan fingerprint density at radius 3 is 2.89 bits per heavy atom. The smallest absolute Gasteiger partial charge is 0.277 e. The Bertz CT molecular complexity index is 1020. The van der Waals surface area contributed by atoms with Crippen molar-refractivity contribution < 1.29 is 18.7 Å². The number of para-hydroxylation sites is 2. The Labute approximate surface area is 173 Å². The molecule has 1 N–H and O–H groups in total. The fourth-order valence-corrected chi connectivity index (χ4v) is 3.35. The average molecular weight is 439 g/mol. The van der Waals surface area contributed by atoms with E-state index in [0.29, 0.717) is 16.5 Å². The minimum atomic E-state index is -0.511. The molecular formula is C17H12Cl2N4O4S. The molecule has 4 rings (SSSR count). The lowest BCUT2D eigenvalue weighted by atomic mass is 10.2. The minimum absolute atomic E-state index is 0.0348. The lowest BCUT2D eigenvalue weighted by Gasteiger charge is -2.23. The van der Waals surface area contributed by atoms with Gasteiger partial charge in [-0.15, -0.1) is 10.2 Å². The Morgan fingerprint density at radius 1 is 1.25 bits per heavy atom. The van der Waals surface area contributed by atoms with Gasteiger partial charge in [0.2, 0.25) is 12.0 Å². The van der Waals surface area contributed by atoms with Crippen molar-refractivity contribution in [1.82, 2.24) is 15.2 Å². The number of pyridine rings is 1. The highest BCUT2D eigenvalue weighted by molar-refractivity contribution is 7.99. The van der Waals surface area contributed by atoms with Gasteiger partial charge in [0.15, 0.2) is 17.3 Å². The van der Waals surface area contributed by atoms with Gasteiger partial charge in [-0.25, -0.2) is 4.98 Å². The topological polar surface area (TPSA) is 99.4 Å². The number of nitrogens with one attached hydrogen (secondary N) is 1. The van der Waals surface area contributed by atoms with Crippen LogP contribution in [-0.4, -0.2) is 33.4 Å². The van der Waals surface area contributed by atoms with Crippen LogP contribution in [0.15, 0.2) is 46.2 Å². The second-order valence-corrected chi connectivity index (χ2v) is 7.36. The van der Waals surface area contributed by atoms with Gasteiger partial charge in [-0.3, -0.25) is 4.79 Å². The number of anilines is 1. The normalized spacial score (nSPS) is 15.3. The molecule has 0 saturated carbocycles. The average Bonchev–Trinajstić information content (AvgIpc) is 3.17. The van der Waals surface area contributed by atoms with E-state index >= 15 is 0 Å². The number of benzene rings is 1. The second-order valence-electron chi connectivity index (χ2n) is 5.59. The van der Waals surface area contributed by atoms with Crippen LogP contribution in [0.1, 0.15) is 12.0 Å². The number of rotatable bonds is 5. The Kier molecular flexibility index (Phi) is 5.56. The molecule has 1 aliphatic heterocycles. The molecule has 1 aliphatic rings. The Morgan fingerprint density at radius 2 is 2.07 bits per heavy atom. The van der Waals surface area contributed by atoms with Gasteiger partial charge in [-0.05, 0) is 18.2 Å². The van der Waals surface area contributed by atoms with E-state index in [1.807, 2.05) is 18.2 Å². The summed E-state index contributed by atoms with van der Waals surface area (Å²) in [5.74, 6) is 1.49. The van der Waals surface area contributed by atoms with Gasteiger partial charge in [-0.2, -0.15) is 0 Å². The zero-order valence-corrected chi connectivity index (χ0v) is 16.4. The number of nitrogens with zero attached hydrogens (tertiary/aromatic N) is 3. The first kappa shape index (κ1) is 18.9. The molecule has 0 aliphatic carbocycles. The fourth-order valence-electron chi connectivity index (χ4n) is 2.35. The molecule has 0 radical (unpaired) electrons. The summed E-state index contributed by atoms with van der Waals surface area (Å²) in [5.41, 5.74) is 0. The van der Waals surface area contributed by atoms with Crippen LogP contribution in [-0.2, 0) is 4.79 Å². The van der Waals surface area contributed by atoms with Crippen molar-refractivity contribution in [2.24, 2.45) is 0 Å². The molecule has 144 valence electrons. The summed E-state index contributed by atoms with van der Waals surface area (Å²) in [4.78, 5) is 16.0. The van der Waals surface area contributed by atoms with Crippen LogP contribution in [0.5, 0.6) is 11.5 Å². The molecule has 0 spiro atoms. The van der Waals surface area contributed by atoms with Crippen LogP contribution in [0, 0.1) is 0 Å². The molecule has 11 heteroatoms. The van der Waals surface area contributed by atoms with Crippen LogP contribution in [0.4, 0.5) is 5.82 Å². The SMILES string of the molecule is O=C(CSc1nnc([C@@H]2COc3ccccc3O2)o1)Nc1ncc(Cl)cc1Cl. The van der Waals surface area contributed by atoms with Crippen LogP contribution >= 0.6 is 35.0 Å². The van der Waals surface area contributed by atoms with E-state index in [1.165, 1.54) is 12.3 Å². The predicted molar refractivity (Wildman–Crippen MR) is 103 cm³/mol. The monoisotopic (exact) mass is 438 g/mol. The maximum Gasteiger partial charge on any atom is 0.277 e. The van der Waals surface area contributed by atoms with Crippen LogP contribution < -0.4 is 14.8 Å². The van der Waals surface area contributed by atoms with Crippen LogP contribution in [0.2, 0.25) is 10.0 Å². The summed E-state index contributed by atoms with van der Waals surface area (Å²) < 4.78 is 17.0. The summed E-state index contributed by atoms with van der Waals surface area (Å²) in [6, 6.07) is 8.82. The third kappa shape index (κ3) is 4.32. The Hall–Kier alpha value is -2.49. The third-order valence-electron chi connectivity index (χ3n) is 3.60. The molecule has 0 unspecified atom stereocenters. The highest BCUT2D eigenvalue weighted by Gasteiger charge is 2.27. The molecule has 0 fully saturated rings. The number of aromatic nitrogens is 3. The molecule has 3 heterocycles. The van der Waals surface area contributed by atoms with E-state index in [1.54, 1.807) is 6.07 Å². The molecule has 1 atom stereocenters. The molecule has 8 nitrogen and oxygen atoms in total. The lowest BCUT2D eigenvalue weighted by molar-refractivity contribution is -0.113. The summed E-state index contributed by atoms with van der Waals surface area (Å²) >= 11 is 12.8. The number of hydrogen-bond donors (Lipinski definition) is 1. The first-order valence-corrected chi connectivity index (χ1v) is 9.78. The van der Waals surface area contributed by atoms with E-state index < -0.39 is 6.10 Å². The molecule has 1 amide bonds. The van der Waals surface area contributed by atoms with Gasteiger partial charge in [0.05, 0.1) is 15.8 Å². The van der Waals surface area contributed by atoms with Crippen molar-refractivity contribution in [2.75, 3.05) is 17.7 Å². The standard InChI is InChI=1S/C17H12Cl2N4O4S/c18-9-5-10(19)15(20-6-9)21-14(24)8-28-17-23-22-16(27-17)13-7-25-11-3-1-2-4-12(11)26-13/h1-6,13H,7-8H2,(H,20,21,24)/t13-/m0/s1. The van der Waals surface area contributed by atoms with E-state index in [2.05, 4.69) is 20.5 Å². The summed E-state index contributed by atoms with van der Waals surface area (Å²) in [6.45, 7) is 0.254. The number of hydrogen-bond acceptors (Lipinski definition) is 8. The zero-order chi connectivity index (χ0) is 19.5. The molecule has 2 aromatic heterocycles. The maximum absolute atomic E-state index is 12.1. The van der Waals surface area contributed by atoms with Gasteiger partial charge < -0.3 is 19.2 Å². The molecular weight excluding hydrogens is 427 g/mol. The number of ether oxygens (including phenoxy) is 2.